The highest BCUT2D eigenvalue weighted by molar-refractivity contribution is 6.08. The van der Waals surface area contributed by atoms with Crippen LogP contribution in [0.1, 0.15) is 27.6 Å². The predicted molar refractivity (Wildman–Crippen MR) is 96.5 cm³/mol. The third kappa shape index (κ3) is 5.09. The van der Waals surface area contributed by atoms with Crippen LogP contribution in [0.3, 0.4) is 0 Å². The van der Waals surface area contributed by atoms with Crippen LogP contribution in [0.25, 0.3) is 0 Å². The van der Waals surface area contributed by atoms with Gasteiger partial charge in [0, 0.05) is 17.7 Å². The van der Waals surface area contributed by atoms with Gasteiger partial charge >= 0.3 is 12.6 Å². The fourth-order valence-corrected chi connectivity index (χ4v) is 2.35. The molecular formula is C19H19F2NO6. The molecule has 1 amide bonds. The summed E-state index contributed by atoms with van der Waals surface area (Å²) < 4.78 is 44.7. The van der Waals surface area contributed by atoms with E-state index in [2.05, 4.69) is 14.8 Å². The molecule has 0 aliphatic heterocycles. The maximum absolute atomic E-state index is 12.7. The van der Waals surface area contributed by atoms with Gasteiger partial charge in [0.25, 0.3) is 5.91 Å². The fraction of sp³-hybridized carbons (Fsp3) is 0.263. The fourth-order valence-electron chi connectivity index (χ4n) is 2.35. The summed E-state index contributed by atoms with van der Waals surface area (Å²) in [5, 5.41) is 2.50. The van der Waals surface area contributed by atoms with Crippen LogP contribution in [-0.4, -0.2) is 39.3 Å². The number of nitrogens with one attached hydrogen (secondary N) is 1. The van der Waals surface area contributed by atoms with Gasteiger partial charge in [-0.15, -0.1) is 0 Å². The molecular weight excluding hydrogens is 376 g/mol. The zero-order chi connectivity index (χ0) is 20.7. The van der Waals surface area contributed by atoms with Gasteiger partial charge in [-0.1, -0.05) is 0 Å². The van der Waals surface area contributed by atoms with Crippen LogP contribution in [0.2, 0.25) is 0 Å². The minimum Gasteiger partial charge on any atom is -0.494 e. The lowest BCUT2D eigenvalue weighted by atomic mass is 10.1. The predicted octanol–water partition coefficient (Wildman–Crippen LogP) is 3.73. The number of ether oxygens (including phenoxy) is 4. The van der Waals surface area contributed by atoms with Crippen molar-refractivity contribution in [3.05, 3.63) is 47.5 Å². The third-order valence-corrected chi connectivity index (χ3v) is 3.60. The van der Waals surface area contributed by atoms with Crippen LogP contribution in [0.4, 0.5) is 14.5 Å². The zero-order valence-electron chi connectivity index (χ0n) is 15.5. The van der Waals surface area contributed by atoms with Gasteiger partial charge in [-0.25, -0.2) is 4.79 Å². The second-order valence-electron chi connectivity index (χ2n) is 5.33. The average molecular weight is 395 g/mol. The lowest BCUT2D eigenvalue weighted by Gasteiger charge is -2.15. The maximum Gasteiger partial charge on any atom is 0.387 e. The molecule has 0 spiro atoms. The Labute approximate surface area is 160 Å². The number of carbonyl (C=O) groups excluding carboxylic acids is 2. The number of hydrogen-bond donors (Lipinski definition) is 1. The number of alkyl halides is 2. The van der Waals surface area contributed by atoms with E-state index in [4.69, 9.17) is 9.47 Å². The van der Waals surface area contributed by atoms with Crippen molar-refractivity contribution in [3.63, 3.8) is 0 Å². The molecule has 0 aliphatic rings. The van der Waals surface area contributed by atoms with Crippen LogP contribution < -0.4 is 19.5 Å². The topological polar surface area (TPSA) is 83.1 Å². The van der Waals surface area contributed by atoms with Gasteiger partial charge < -0.3 is 24.3 Å². The van der Waals surface area contributed by atoms with Crippen molar-refractivity contribution in [1.82, 2.24) is 0 Å². The molecule has 0 heterocycles. The molecule has 0 saturated carbocycles. The van der Waals surface area contributed by atoms with Crippen molar-refractivity contribution in [3.8, 4) is 17.2 Å². The largest absolute Gasteiger partial charge is 0.494 e. The highest BCUT2D eigenvalue weighted by Gasteiger charge is 2.21. The summed E-state index contributed by atoms with van der Waals surface area (Å²) in [5.41, 5.74) is 0.119. The average Bonchev–Trinajstić information content (AvgIpc) is 2.68. The number of amides is 1. The highest BCUT2D eigenvalue weighted by Crippen LogP contribution is 2.35. The molecule has 0 bridgehead atoms. The van der Waals surface area contributed by atoms with Gasteiger partial charge in [0.05, 0.1) is 32.1 Å². The Bertz CT molecular complexity index is 839. The molecule has 28 heavy (non-hydrogen) atoms. The first-order chi connectivity index (χ1) is 13.4. The number of halogens is 2. The standard InChI is InChI=1S/C19H19F2NO6/c1-4-27-12-7-5-11(6-8-12)17(23)22-14-10-16(28-19(20)21)15(25-2)9-13(14)18(24)26-3/h5-10,19H,4H2,1-3H3,(H,22,23). The number of anilines is 1. The van der Waals surface area contributed by atoms with Crippen LogP contribution in [0.15, 0.2) is 36.4 Å². The van der Waals surface area contributed by atoms with Crippen molar-refractivity contribution in [2.24, 2.45) is 0 Å². The molecule has 0 saturated heterocycles. The van der Waals surface area contributed by atoms with Crippen molar-refractivity contribution in [1.29, 1.82) is 0 Å². The molecule has 0 radical (unpaired) electrons. The minimum absolute atomic E-state index is 0.0674. The van der Waals surface area contributed by atoms with Crippen molar-refractivity contribution in [2.75, 3.05) is 26.1 Å². The number of methoxy groups -OCH3 is 2. The molecule has 0 atom stereocenters. The monoisotopic (exact) mass is 395 g/mol. The Kier molecular flexibility index (Phi) is 7.14. The summed E-state index contributed by atoms with van der Waals surface area (Å²) in [6, 6.07) is 8.50. The van der Waals surface area contributed by atoms with E-state index in [0.29, 0.717) is 12.4 Å². The van der Waals surface area contributed by atoms with E-state index >= 15 is 0 Å². The van der Waals surface area contributed by atoms with E-state index in [9.17, 15) is 18.4 Å². The zero-order valence-corrected chi connectivity index (χ0v) is 15.5. The van der Waals surface area contributed by atoms with Gasteiger partial charge in [0.15, 0.2) is 11.5 Å². The number of benzene rings is 2. The Hall–Kier alpha value is -3.36. The van der Waals surface area contributed by atoms with Crippen molar-refractivity contribution in [2.45, 2.75) is 13.5 Å². The number of carbonyl (C=O) groups is 2. The lowest BCUT2D eigenvalue weighted by Crippen LogP contribution is -2.16. The van der Waals surface area contributed by atoms with E-state index in [1.807, 2.05) is 6.92 Å². The Morgan fingerprint density at radius 1 is 1.07 bits per heavy atom. The maximum atomic E-state index is 12.7. The summed E-state index contributed by atoms with van der Waals surface area (Å²) in [6.07, 6.45) is 0. The summed E-state index contributed by atoms with van der Waals surface area (Å²) in [4.78, 5) is 24.5. The van der Waals surface area contributed by atoms with E-state index in [1.54, 1.807) is 12.1 Å². The number of hydrogen-bond acceptors (Lipinski definition) is 6. The molecule has 7 nitrogen and oxygen atoms in total. The quantitative estimate of drug-likeness (QED) is 0.686. The van der Waals surface area contributed by atoms with Gasteiger partial charge in [-0.2, -0.15) is 8.78 Å². The van der Waals surface area contributed by atoms with E-state index in [0.717, 1.165) is 19.2 Å². The summed E-state index contributed by atoms with van der Waals surface area (Å²) >= 11 is 0. The van der Waals surface area contributed by atoms with E-state index < -0.39 is 18.5 Å². The summed E-state index contributed by atoms with van der Waals surface area (Å²) in [5.74, 6) is -1.22. The second kappa shape index (κ2) is 9.54. The molecule has 0 aromatic heterocycles. The molecule has 2 rings (SSSR count). The van der Waals surface area contributed by atoms with Gasteiger partial charge in [0.1, 0.15) is 5.75 Å². The first kappa shape index (κ1) is 20.9. The molecule has 1 N–H and O–H groups in total. The normalized spacial score (nSPS) is 10.4. The van der Waals surface area contributed by atoms with Crippen LogP contribution in [0, 0.1) is 0 Å². The smallest absolute Gasteiger partial charge is 0.387 e. The van der Waals surface area contributed by atoms with Gasteiger partial charge in [-0.05, 0) is 31.2 Å². The second-order valence-corrected chi connectivity index (χ2v) is 5.33. The number of rotatable bonds is 8. The molecule has 2 aromatic rings. The molecule has 2 aromatic carbocycles. The highest BCUT2D eigenvalue weighted by atomic mass is 19.3. The molecule has 0 fully saturated rings. The Morgan fingerprint density at radius 3 is 2.29 bits per heavy atom. The molecule has 9 heteroatoms. The third-order valence-electron chi connectivity index (χ3n) is 3.60. The lowest BCUT2D eigenvalue weighted by molar-refractivity contribution is -0.0511. The van der Waals surface area contributed by atoms with Crippen LogP contribution >= 0.6 is 0 Å². The minimum atomic E-state index is -3.12. The molecule has 150 valence electrons. The first-order valence-corrected chi connectivity index (χ1v) is 8.19. The summed E-state index contributed by atoms with van der Waals surface area (Å²) in [7, 11) is 2.38. The molecule has 0 aliphatic carbocycles. The van der Waals surface area contributed by atoms with Crippen LogP contribution in [-0.2, 0) is 4.74 Å². The molecule has 0 unspecified atom stereocenters. The summed E-state index contributed by atoms with van der Waals surface area (Å²) in [6.45, 7) is -0.808. The van der Waals surface area contributed by atoms with Gasteiger partial charge in [0.2, 0.25) is 0 Å². The van der Waals surface area contributed by atoms with E-state index in [-0.39, 0.29) is 28.3 Å². The van der Waals surface area contributed by atoms with Gasteiger partial charge in [-0.3, -0.25) is 4.79 Å². The van der Waals surface area contributed by atoms with Crippen molar-refractivity contribution >= 4 is 17.6 Å². The Morgan fingerprint density at radius 2 is 1.75 bits per heavy atom. The SMILES string of the molecule is CCOc1ccc(C(=O)Nc2cc(OC(F)F)c(OC)cc2C(=O)OC)cc1. The Balaban J connectivity index is 2.37. The van der Waals surface area contributed by atoms with Crippen LogP contribution in [0.5, 0.6) is 17.2 Å². The van der Waals surface area contributed by atoms with E-state index in [1.165, 1.54) is 19.2 Å². The first-order valence-electron chi connectivity index (χ1n) is 8.19. The van der Waals surface area contributed by atoms with Crippen molar-refractivity contribution < 1.29 is 37.3 Å². The number of esters is 1.